The minimum atomic E-state index is -1.02. The van der Waals surface area contributed by atoms with Crippen molar-refractivity contribution in [3.8, 4) is 5.75 Å². The van der Waals surface area contributed by atoms with Crippen LogP contribution >= 0.6 is 11.8 Å². The number of amides is 1. The molecule has 0 radical (unpaired) electrons. The number of hydrogen-bond acceptors (Lipinski definition) is 7. The summed E-state index contributed by atoms with van der Waals surface area (Å²) in [4.78, 5) is 41.2. The zero-order chi connectivity index (χ0) is 21.7. The standard InChI is InChI=1S/C21H18N2O6S/c1-23-19(25)17(11-14-5-3-4-6-16(14)29-12-18(24)28-2)30-21(23)22-15-9-7-13(8-10-15)20(26)27/h3-11H,12H2,1-2H3,(H,26,27)/b17-11-,22-21?. The Hall–Kier alpha value is -3.59. The lowest BCUT2D eigenvalue weighted by atomic mass is 10.2. The Labute approximate surface area is 176 Å². The number of aliphatic imine (C=N–C) groups is 1. The fraction of sp³-hybridized carbons (Fsp3) is 0.143. The van der Waals surface area contributed by atoms with Crippen molar-refractivity contribution in [2.24, 2.45) is 4.99 Å². The Morgan fingerprint density at radius 2 is 1.87 bits per heavy atom. The van der Waals surface area contributed by atoms with Crippen molar-refractivity contribution in [1.82, 2.24) is 4.90 Å². The Bertz CT molecular complexity index is 1050. The maximum atomic E-state index is 12.6. The summed E-state index contributed by atoms with van der Waals surface area (Å²) in [6.07, 6.45) is 1.67. The Morgan fingerprint density at radius 1 is 1.17 bits per heavy atom. The van der Waals surface area contributed by atoms with Gasteiger partial charge in [-0.2, -0.15) is 0 Å². The van der Waals surface area contributed by atoms with Gasteiger partial charge in [0.15, 0.2) is 11.8 Å². The van der Waals surface area contributed by atoms with Crippen molar-refractivity contribution in [3.05, 3.63) is 64.6 Å². The summed E-state index contributed by atoms with van der Waals surface area (Å²) in [5, 5.41) is 9.44. The smallest absolute Gasteiger partial charge is 0.343 e. The molecule has 0 atom stereocenters. The van der Waals surface area contributed by atoms with Gasteiger partial charge >= 0.3 is 11.9 Å². The van der Waals surface area contributed by atoms with E-state index in [2.05, 4.69) is 9.73 Å². The van der Waals surface area contributed by atoms with Gasteiger partial charge in [0, 0.05) is 12.6 Å². The molecule has 1 fully saturated rings. The zero-order valence-electron chi connectivity index (χ0n) is 16.2. The van der Waals surface area contributed by atoms with E-state index in [4.69, 9.17) is 9.84 Å². The number of likely N-dealkylation sites (N-methyl/N-ethyl adjacent to an activating group) is 1. The number of methoxy groups -OCH3 is 1. The molecular weight excluding hydrogens is 408 g/mol. The van der Waals surface area contributed by atoms with E-state index in [1.165, 1.54) is 35.9 Å². The maximum Gasteiger partial charge on any atom is 0.343 e. The molecule has 1 amide bonds. The minimum absolute atomic E-state index is 0.159. The van der Waals surface area contributed by atoms with Crippen molar-refractivity contribution in [1.29, 1.82) is 0 Å². The number of amidine groups is 1. The highest BCUT2D eigenvalue weighted by atomic mass is 32.2. The number of nitrogens with zero attached hydrogens (tertiary/aromatic N) is 2. The fourth-order valence-electron chi connectivity index (χ4n) is 2.51. The van der Waals surface area contributed by atoms with E-state index in [0.717, 1.165) is 0 Å². The van der Waals surface area contributed by atoms with E-state index < -0.39 is 11.9 Å². The van der Waals surface area contributed by atoms with Crippen LogP contribution in [0.3, 0.4) is 0 Å². The van der Waals surface area contributed by atoms with Gasteiger partial charge in [0.2, 0.25) is 0 Å². The molecule has 1 heterocycles. The van der Waals surface area contributed by atoms with Crippen LogP contribution in [-0.4, -0.2) is 53.8 Å². The molecule has 154 valence electrons. The van der Waals surface area contributed by atoms with Gasteiger partial charge < -0.3 is 14.6 Å². The summed E-state index contributed by atoms with van der Waals surface area (Å²) >= 11 is 1.19. The van der Waals surface area contributed by atoms with Gasteiger partial charge in [-0.3, -0.25) is 9.69 Å². The molecule has 9 heteroatoms. The number of ether oxygens (including phenoxy) is 2. The van der Waals surface area contributed by atoms with Crippen molar-refractivity contribution >= 4 is 46.5 Å². The van der Waals surface area contributed by atoms with Gasteiger partial charge in [0.1, 0.15) is 5.75 Å². The Kier molecular flexibility index (Phi) is 6.53. The van der Waals surface area contributed by atoms with E-state index in [0.29, 0.717) is 27.1 Å². The molecule has 1 aliphatic heterocycles. The summed E-state index contributed by atoms with van der Waals surface area (Å²) < 4.78 is 10.1. The molecule has 0 bridgehead atoms. The highest BCUT2D eigenvalue weighted by molar-refractivity contribution is 8.18. The monoisotopic (exact) mass is 426 g/mol. The molecule has 3 rings (SSSR count). The van der Waals surface area contributed by atoms with E-state index in [1.807, 2.05) is 0 Å². The maximum absolute atomic E-state index is 12.6. The molecule has 8 nitrogen and oxygen atoms in total. The molecular formula is C21H18N2O6S. The van der Waals surface area contributed by atoms with Crippen LogP contribution in [0.1, 0.15) is 15.9 Å². The first-order valence-electron chi connectivity index (χ1n) is 8.77. The molecule has 0 aromatic heterocycles. The molecule has 2 aromatic rings. The second-order valence-electron chi connectivity index (χ2n) is 6.12. The van der Waals surface area contributed by atoms with Gasteiger partial charge in [-0.25, -0.2) is 14.6 Å². The first-order valence-corrected chi connectivity index (χ1v) is 9.59. The topological polar surface area (TPSA) is 106 Å². The minimum Gasteiger partial charge on any atom is -0.481 e. The molecule has 0 saturated carbocycles. The quantitative estimate of drug-likeness (QED) is 0.559. The number of thioether (sulfide) groups is 1. The number of esters is 1. The van der Waals surface area contributed by atoms with E-state index in [1.54, 1.807) is 49.5 Å². The number of hydrogen-bond donors (Lipinski definition) is 1. The summed E-state index contributed by atoms with van der Waals surface area (Å²) in [5.74, 6) is -1.31. The number of carboxylic acid groups (broad SMARTS) is 1. The number of benzene rings is 2. The van der Waals surface area contributed by atoms with Gasteiger partial charge in [0.25, 0.3) is 5.91 Å². The van der Waals surface area contributed by atoms with Crippen molar-refractivity contribution in [2.75, 3.05) is 20.8 Å². The number of aromatic carboxylic acids is 1. The van der Waals surface area contributed by atoms with Crippen molar-refractivity contribution < 1.29 is 29.0 Å². The van der Waals surface area contributed by atoms with Crippen LogP contribution in [-0.2, 0) is 14.3 Å². The third-order valence-corrected chi connectivity index (χ3v) is 5.18. The van der Waals surface area contributed by atoms with E-state index >= 15 is 0 Å². The van der Waals surface area contributed by atoms with Crippen LogP contribution in [0.2, 0.25) is 0 Å². The predicted octanol–water partition coefficient (Wildman–Crippen LogP) is 3.17. The highest BCUT2D eigenvalue weighted by Gasteiger charge is 2.30. The summed E-state index contributed by atoms with van der Waals surface area (Å²) in [5.41, 5.74) is 1.33. The van der Waals surface area contributed by atoms with Crippen molar-refractivity contribution in [3.63, 3.8) is 0 Å². The van der Waals surface area contributed by atoms with Gasteiger partial charge in [-0.1, -0.05) is 18.2 Å². The first kappa shape index (κ1) is 21.1. The average Bonchev–Trinajstić information content (AvgIpc) is 3.01. The lowest BCUT2D eigenvalue weighted by molar-refractivity contribution is -0.142. The molecule has 0 spiro atoms. The summed E-state index contributed by atoms with van der Waals surface area (Å²) in [6, 6.07) is 13.1. The fourth-order valence-corrected chi connectivity index (χ4v) is 3.49. The zero-order valence-corrected chi connectivity index (χ0v) is 17.0. The second kappa shape index (κ2) is 9.27. The van der Waals surface area contributed by atoms with Crippen LogP contribution in [0.25, 0.3) is 6.08 Å². The SMILES string of the molecule is COC(=O)COc1ccccc1/C=C1\SC(=Nc2ccc(C(=O)O)cc2)N(C)C1=O. The van der Waals surface area contributed by atoms with E-state index in [-0.39, 0.29) is 18.1 Å². The molecule has 0 aliphatic carbocycles. The van der Waals surface area contributed by atoms with Gasteiger partial charge in [0.05, 0.1) is 23.3 Å². The predicted molar refractivity (Wildman–Crippen MR) is 113 cm³/mol. The molecule has 1 aliphatic rings. The molecule has 2 aromatic carbocycles. The lowest BCUT2D eigenvalue weighted by Crippen LogP contribution is -2.23. The molecule has 1 N–H and O–H groups in total. The van der Waals surface area contributed by atoms with Gasteiger partial charge in [-0.05, 0) is 48.2 Å². The number of rotatable bonds is 6. The van der Waals surface area contributed by atoms with Crippen LogP contribution in [0.15, 0.2) is 58.4 Å². The number of carboxylic acids is 1. The normalized spacial score (nSPS) is 16.2. The van der Waals surface area contributed by atoms with E-state index in [9.17, 15) is 14.4 Å². The number of para-hydroxylation sites is 1. The highest BCUT2D eigenvalue weighted by Crippen LogP contribution is 2.34. The number of carbonyl (C=O) groups excluding carboxylic acids is 2. The van der Waals surface area contributed by atoms with Crippen LogP contribution in [0, 0.1) is 0 Å². The first-order chi connectivity index (χ1) is 14.4. The Morgan fingerprint density at radius 3 is 2.53 bits per heavy atom. The third kappa shape index (κ3) is 4.87. The third-order valence-electron chi connectivity index (χ3n) is 4.12. The van der Waals surface area contributed by atoms with Gasteiger partial charge in [-0.15, -0.1) is 0 Å². The molecule has 30 heavy (non-hydrogen) atoms. The second-order valence-corrected chi connectivity index (χ2v) is 7.13. The summed E-state index contributed by atoms with van der Waals surface area (Å²) in [6.45, 7) is -0.239. The van der Waals surface area contributed by atoms with Crippen LogP contribution in [0.5, 0.6) is 5.75 Å². The lowest BCUT2D eigenvalue weighted by Gasteiger charge is -2.08. The average molecular weight is 426 g/mol. The molecule has 1 saturated heterocycles. The molecule has 0 unspecified atom stereocenters. The summed E-state index contributed by atoms with van der Waals surface area (Å²) in [7, 11) is 2.89. The van der Waals surface area contributed by atoms with Crippen LogP contribution < -0.4 is 4.74 Å². The van der Waals surface area contributed by atoms with Crippen LogP contribution in [0.4, 0.5) is 5.69 Å². The largest absolute Gasteiger partial charge is 0.481 e. The number of carbonyl (C=O) groups is 3. The van der Waals surface area contributed by atoms with Crippen molar-refractivity contribution in [2.45, 2.75) is 0 Å². The Balaban J connectivity index is 1.83.